The fourth-order valence-corrected chi connectivity index (χ4v) is 2.30. The van der Waals surface area contributed by atoms with Gasteiger partial charge in [-0.05, 0) is 30.7 Å². The van der Waals surface area contributed by atoms with E-state index in [0.717, 1.165) is 18.5 Å². The van der Waals surface area contributed by atoms with Gasteiger partial charge >= 0.3 is 0 Å². The second-order valence-corrected chi connectivity index (χ2v) is 5.19. The monoisotopic (exact) mass is 304 g/mol. The van der Waals surface area contributed by atoms with Gasteiger partial charge in [0.05, 0.1) is 0 Å². The number of aromatic nitrogens is 1. The SMILES string of the molecule is CCCc1cc(C(=O)N(C)c2cccc(O)c2)cc(Cl)n1. The standard InChI is InChI=1S/C16H17ClN2O2/c1-3-5-12-8-11(9-15(17)18-12)16(21)19(2)13-6-4-7-14(20)10-13/h4,6-10,20H,3,5H2,1-2H3. The highest BCUT2D eigenvalue weighted by atomic mass is 35.5. The number of carbonyl (C=O) groups excluding carboxylic acids is 1. The number of anilines is 1. The first kappa shape index (κ1) is 15.3. The van der Waals surface area contributed by atoms with E-state index in [-0.39, 0.29) is 11.7 Å². The number of amides is 1. The molecule has 21 heavy (non-hydrogen) atoms. The van der Waals surface area contributed by atoms with Crippen LogP contribution in [0.2, 0.25) is 5.15 Å². The third-order valence-corrected chi connectivity index (χ3v) is 3.32. The van der Waals surface area contributed by atoms with Crippen LogP contribution in [0.25, 0.3) is 0 Å². The number of aromatic hydroxyl groups is 1. The van der Waals surface area contributed by atoms with Crippen LogP contribution in [0, 0.1) is 0 Å². The van der Waals surface area contributed by atoms with E-state index in [4.69, 9.17) is 11.6 Å². The first-order valence-corrected chi connectivity index (χ1v) is 7.12. The number of hydrogen-bond donors (Lipinski definition) is 1. The average molecular weight is 305 g/mol. The molecule has 2 rings (SSSR count). The maximum atomic E-state index is 12.5. The molecule has 110 valence electrons. The molecule has 0 aliphatic rings. The highest BCUT2D eigenvalue weighted by Gasteiger charge is 2.15. The lowest BCUT2D eigenvalue weighted by Gasteiger charge is -2.18. The zero-order valence-corrected chi connectivity index (χ0v) is 12.8. The first-order valence-electron chi connectivity index (χ1n) is 6.75. The summed E-state index contributed by atoms with van der Waals surface area (Å²) >= 11 is 5.98. The van der Waals surface area contributed by atoms with Crippen molar-refractivity contribution in [2.75, 3.05) is 11.9 Å². The van der Waals surface area contributed by atoms with Gasteiger partial charge < -0.3 is 10.0 Å². The van der Waals surface area contributed by atoms with Gasteiger partial charge in [-0.15, -0.1) is 0 Å². The normalized spacial score (nSPS) is 10.4. The largest absolute Gasteiger partial charge is 0.508 e. The third-order valence-electron chi connectivity index (χ3n) is 3.12. The molecule has 0 spiro atoms. The summed E-state index contributed by atoms with van der Waals surface area (Å²) in [5, 5.41) is 9.82. The molecular formula is C16H17ClN2O2. The molecule has 4 nitrogen and oxygen atoms in total. The summed E-state index contributed by atoms with van der Waals surface area (Å²) in [5.74, 6) is -0.0752. The summed E-state index contributed by atoms with van der Waals surface area (Å²) in [6.45, 7) is 2.04. The van der Waals surface area contributed by atoms with Crippen molar-refractivity contribution < 1.29 is 9.90 Å². The lowest BCUT2D eigenvalue weighted by atomic mass is 10.1. The lowest BCUT2D eigenvalue weighted by Crippen LogP contribution is -2.26. The Morgan fingerprint density at radius 3 is 2.76 bits per heavy atom. The molecule has 5 heteroatoms. The van der Waals surface area contributed by atoms with Crippen molar-refractivity contribution in [3.8, 4) is 5.75 Å². The van der Waals surface area contributed by atoms with Gasteiger partial charge in [-0.1, -0.05) is 31.0 Å². The molecule has 1 aromatic heterocycles. The van der Waals surface area contributed by atoms with E-state index in [1.54, 1.807) is 37.4 Å². The van der Waals surface area contributed by atoms with Crippen LogP contribution in [0.15, 0.2) is 36.4 Å². The maximum absolute atomic E-state index is 12.5. The van der Waals surface area contributed by atoms with Gasteiger partial charge in [0.1, 0.15) is 10.9 Å². The van der Waals surface area contributed by atoms with Crippen molar-refractivity contribution in [1.29, 1.82) is 0 Å². The first-order chi connectivity index (χ1) is 10.0. The molecule has 1 heterocycles. The van der Waals surface area contributed by atoms with Crippen LogP contribution >= 0.6 is 11.6 Å². The molecule has 0 fully saturated rings. The molecule has 0 radical (unpaired) electrons. The third kappa shape index (κ3) is 3.73. The van der Waals surface area contributed by atoms with E-state index in [9.17, 15) is 9.90 Å². The lowest BCUT2D eigenvalue weighted by molar-refractivity contribution is 0.0993. The van der Waals surface area contributed by atoms with Gasteiger partial charge in [-0.2, -0.15) is 0 Å². The molecule has 0 aliphatic carbocycles. The van der Waals surface area contributed by atoms with Crippen LogP contribution in [0.5, 0.6) is 5.75 Å². The van der Waals surface area contributed by atoms with Crippen LogP contribution in [0.1, 0.15) is 29.4 Å². The Kier molecular flexibility index (Phi) is 4.81. The Labute approximate surface area is 129 Å². The summed E-state index contributed by atoms with van der Waals surface area (Å²) in [5.41, 5.74) is 1.91. The van der Waals surface area contributed by atoms with Crippen molar-refractivity contribution in [3.05, 3.63) is 52.8 Å². The summed E-state index contributed by atoms with van der Waals surface area (Å²) in [6, 6.07) is 9.86. The van der Waals surface area contributed by atoms with Crippen LogP contribution in [-0.2, 0) is 6.42 Å². The smallest absolute Gasteiger partial charge is 0.258 e. The minimum Gasteiger partial charge on any atom is -0.508 e. The number of pyridine rings is 1. The molecule has 1 aromatic carbocycles. The second-order valence-electron chi connectivity index (χ2n) is 4.80. The molecule has 0 aliphatic heterocycles. The van der Waals surface area contributed by atoms with Crippen molar-refractivity contribution in [2.45, 2.75) is 19.8 Å². The highest BCUT2D eigenvalue weighted by molar-refractivity contribution is 6.29. The molecule has 0 saturated carbocycles. The van der Waals surface area contributed by atoms with Crippen LogP contribution in [0.4, 0.5) is 5.69 Å². The molecule has 1 N–H and O–H groups in total. The summed E-state index contributed by atoms with van der Waals surface area (Å²) in [6.07, 6.45) is 1.71. The van der Waals surface area contributed by atoms with E-state index in [1.165, 1.54) is 11.0 Å². The van der Waals surface area contributed by atoms with Gasteiger partial charge in [0.15, 0.2) is 0 Å². The highest BCUT2D eigenvalue weighted by Crippen LogP contribution is 2.21. The van der Waals surface area contributed by atoms with E-state index in [2.05, 4.69) is 4.98 Å². The Hall–Kier alpha value is -2.07. The van der Waals surface area contributed by atoms with Crippen molar-refractivity contribution >= 4 is 23.2 Å². The minimum atomic E-state index is -0.192. The molecule has 0 saturated heterocycles. The molecular weight excluding hydrogens is 288 g/mol. The van der Waals surface area contributed by atoms with Crippen LogP contribution in [-0.4, -0.2) is 23.0 Å². The molecule has 0 bridgehead atoms. The van der Waals surface area contributed by atoms with E-state index in [1.807, 2.05) is 6.92 Å². The van der Waals surface area contributed by atoms with Crippen molar-refractivity contribution in [2.24, 2.45) is 0 Å². The number of hydrogen-bond acceptors (Lipinski definition) is 3. The summed E-state index contributed by atoms with van der Waals surface area (Å²) in [7, 11) is 1.66. The van der Waals surface area contributed by atoms with E-state index < -0.39 is 0 Å². The fraction of sp³-hybridized carbons (Fsp3) is 0.250. The Balaban J connectivity index is 2.31. The van der Waals surface area contributed by atoms with Crippen molar-refractivity contribution in [1.82, 2.24) is 4.98 Å². The summed E-state index contributed by atoms with van der Waals surface area (Å²) in [4.78, 5) is 18.2. The predicted octanol–water partition coefficient (Wildman–Crippen LogP) is 3.67. The molecule has 1 amide bonds. The Morgan fingerprint density at radius 1 is 1.33 bits per heavy atom. The van der Waals surface area contributed by atoms with Gasteiger partial charge in [-0.25, -0.2) is 4.98 Å². The number of phenolic OH excluding ortho intramolecular Hbond substituents is 1. The number of rotatable bonds is 4. The summed E-state index contributed by atoms with van der Waals surface area (Å²) < 4.78 is 0. The number of benzene rings is 1. The number of aryl methyl sites for hydroxylation is 1. The van der Waals surface area contributed by atoms with E-state index in [0.29, 0.717) is 16.4 Å². The van der Waals surface area contributed by atoms with Crippen LogP contribution in [0.3, 0.4) is 0 Å². The quantitative estimate of drug-likeness (QED) is 0.877. The number of phenols is 1. The zero-order chi connectivity index (χ0) is 15.4. The van der Waals surface area contributed by atoms with Gasteiger partial charge in [0, 0.05) is 30.1 Å². The zero-order valence-electron chi connectivity index (χ0n) is 12.0. The minimum absolute atomic E-state index is 0.117. The predicted molar refractivity (Wildman–Crippen MR) is 84.1 cm³/mol. The van der Waals surface area contributed by atoms with Gasteiger partial charge in [0.25, 0.3) is 5.91 Å². The fourth-order valence-electron chi connectivity index (χ4n) is 2.07. The number of halogens is 1. The second kappa shape index (κ2) is 6.59. The molecule has 0 atom stereocenters. The average Bonchev–Trinajstić information content (AvgIpc) is 2.45. The van der Waals surface area contributed by atoms with Gasteiger partial charge in [-0.3, -0.25) is 4.79 Å². The van der Waals surface area contributed by atoms with Crippen LogP contribution < -0.4 is 4.90 Å². The number of carbonyl (C=O) groups is 1. The topological polar surface area (TPSA) is 53.4 Å². The Morgan fingerprint density at radius 2 is 2.10 bits per heavy atom. The Bertz CT molecular complexity index is 658. The molecule has 2 aromatic rings. The molecule has 0 unspecified atom stereocenters. The van der Waals surface area contributed by atoms with Crippen molar-refractivity contribution in [3.63, 3.8) is 0 Å². The van der Waals surface area contributed by atoms with Gasteiger partial charge in [0.2, 0.25) is 0 Å². The number of nitrogens with zero attached hydrogens (tertiary/aromatic N) is 2. The maximum Gasteiger partial charge on any atom is 0.258 e. The van der Waals surface area contributed by atoms with E-state index >= 15 is 0 Å².